The van der Waals surface area contributed by atoms with Crippen molar-refractivity contribution >= 4 is 5.96 Å². The van der Waals surface area contributed by atoms with Crippen molar-refractivity contribution in [3.8, 4) is 0 Å². The van der Waals surface area contributed by atoms with Crippen molar-refractivity contribution < 1.29 is 4.74 Å². The van der Waals surface area contributed by atoms with Gasteiger partial charge < -0.3 is 15.0 Å². The first-order valence-electron chi connectivity index (χ1n) is 5.94. The third kappa shape index (κ3) is 2.48. The van der Waals surface area contributed by atoms with E-state index in [0.717, 1.165) is 18.9 Å². The van der Waals surface area contributed by atoms with Crippen molar-refractivity contribution in [3.63, 3.8) is 0 Å². The Morgan fingerprint density at radius 2 is 2.12 bits per heavy atom. The second-order valence-electron chi connectivity index (χ2n) is 5.17. The fraction of sp³-hybridized carbons (Fsp3) is 0.917. The highest BCUT2D eigenvalue weighted by Crippen LogP contribution is 2.42. The van der Waals surface area contributed by atoms with Crippen LogP contribution in [0.1, 0.15) is 27.2 Å². The molecule has 0 spiro atoms. The van der Waals surface area contributed by atoms with Crippen molar-refractivity contribution in [3.05, 3.63) is 0 Å². The summed E-state index contributed by atoms with van der Waals surface area (Å²) in [5, 5.41) is 3.50. The number of rotatable bonds is 3. The number of hydrogen-bond donors (Lipinski definition) is 1. The molecule has 2 unspecified atom stereocenters. The molecule has 0 aromatic rings. The molecule has 1 rings (SSSR count). The van der Waals surface area contributed by atoms with Crippen LogP contribution in [0.15, 0.2) is 4.99 Å². The normalized spacial score (nSPS) is 28.5. The van der Waals surface area contributed by atoms with Gasteiger partial charge in [0.2, 0.25) is 0 Å². The molecule has 4 heteroatoms. The average Bonchev–Trinajstić information content (AvgIpc) is 2.21. The van der Waals surface area contributed by atoms with Crippen molar-refractivity contribution in [1.29, 1.82) is 0 Å². The monoisotopic (exact) mass is 227 g/mol. The number of ether oxygens (including phenoxy) is 1. The van der Waals surface area contributed by atoms with Gasteiger partial charge in [0.1, 0.15) is 0 Å². The second-order valence-corrected chi connectivity index (χ2v) is 5.17. The number of hydrogen-bond acceptors (Lipinski definition) is 2. The molecule has 0 aromatic carbocycles. The quantitative estimate of drug-likeness (QED) is 0.584. The summed E-state index contributed by atoms with van der Waals surface area (Å²) < 4.78 is 5.44. The van der Waals surface area contributed by atoms with Gasteiger partial charge in [-0.1, -0.05) is 13.8 Å². The van der Waals surface area contributed by atoms with Crippen LogP contribution in [0, 0.1) is 5.41 Å². The first-order valence-corrected chi connectivity index (χ1v) is 5.94. The van der Waals surface area contributed by atoms with Crippen molar-refractivity contribution in [2.75, 3.05) is 27.7 Å². The molecular weight excluding hydrogens is 202 g/mol. The molecular formula is C12H25N3O. The van der Waals surface area contributed by atoms with E-state index in [1.165, 1.54) is 0 Å². The zero-order chi connectivity index (χ0) is 12.3. The summed E-state index contributed by atoms with van der Waals surface area (Å²) in [6, 6.07) is 0.449. The first-order chi connectivity index (χ1) is 7.43. The molecule has 1 aliphatic rings. The molecule has 1 fully saturated rings. The van der Waals surface area contributed by atoms with Gasteiger partial charge in [-0.15, -0.1) is 0 Å². The van der Waals surface area contributed by atoms with E-state index < -0.39 is 0 Å². The van der Waals surface area contributed by atoms with Crippen LogP contribution in [-0.2, 0) is 4.74 Å². The van der Waals surface area contributed by atoms with E-state index in [2.05, 4.69) is 31.1 Å². The maximum absolute atomic E-state index is 5.44. The summed E-state index contributed by atoms with van der Waals surface area (Å²) in [6.45, 7) is 7.33. The fourth-order valence-electron chi connectivity index (χ4n) is 2.15. The minimum Gasteiger partial charge on any atom is -0.381 e. The Bertz CT molecular complexity index is 261. The van der Waals surface area contributed by atoms with Gasteiger partial charge in [-0.3, -0.25) is 4.99 Å². The lowest BCUT2D eigenvalue weighted by Crippen LogP contribution is -2.63. The molecule has 0 aliphatic heterocycles. The summed E-state index contributed by atoms with van der Waals surface area (Å²) >= 11 is 0. The summed E-state index contributed by atoms with van der Waals surface area (Å²) in [6.07, 6.45) is 1.41. The molecule has 1 saturated carbocycles. The van der Waals surface area contributed by atoms with E-state index in [-0.39, 0.29) is 5.41 Å². The molecule has 0 saturated heterocycles. The summed E-state index contributed by atoms with van der Waals surface area (Å²) in [4.78, 5) is 6.48. The number of nitrogens with zero attached hydrogens (tertiary/aromatic N) is 2. The Balaban J connectivity index is 2.59. The van der Waals surface area contributed by atoms with Crippen LogP contribution < -0.4 is 5.32 Å². The first kappa shape index (κ1) is 13.3. The van der Waals surface area contributed by atoms with Gasteiger partial charge in [0.25, 0.3) is 0 Å². The Hall–Kier alpha value is -0.770. The van der Waals surface area contributed by atoms with Crippen molar-refractivity contribution in [2.24, 2.45) is 10.4 Å². The second kappa shape index (κ2) is 5.04. The molecule has 2 atom stereocenters. The number of nitrogens with one attached hydrogen (secondary N) is 1. The SMILES string of the molecule is CCN=C(NC1CC(OC)C1(C)C)N(C)C. The summed E-state index contributed by atoms with van der Waals surface area (Å²) in [5.74, 6) is 0.968. The van der Waals surface area contributed by atoms with Gasteiger partial charge in [-0.05, 0) is 13.3 Å². The molecule has 1 N–H and O–H groups in total. The molecule has 4 nitrogen and oxygen atoms in total. The van der Waals surface area contributed by atoms with Crippen molar-refractivity contribution in [1.82, 2.24) is 10.2 Å². The van der Waals surface area contributed by atoms with Crippen LogP contribution in [0.2, 0.25) is 0 Å². The molecule has 0 amide bonds. The van der Waals surface area contributed by atoms with E-state index in [0.29, 0.717) is 12.1 Å². The van der Waals surface area contributed by atoms with Crippen LogP contribution in [0.3, 0.4) is 0 Å². The van der Waals surface area contributed by atoms with Crippen LogP contribution in [0.4, 0.5) is 0 Å². The Morgan fingerprint density at radius 1 is 1.50 bits per heavy atom. The predicted octanol–water partition coefficient (Wildman–Crippen LogP) is 1.33. The minimum absolute atomic E-state index is 0.180. The third-order valence-electron chi connectivity index (χ3n) is 3.50. The zero-order valence-corrected chi connectivity index (χ0v) is 11.4. The highest BCUT2D eigenvalue weighted by atomic mass is 16.5. The van der Waals surface area contributed by atoms with E-state index in [9.17, 15) is 0 Å². The van der Waals surface area contributed by atoms with Crippen molar-refractivity contribution in [2.45, 2.75) is 39.3 Å². The van der Waals surface area contributed by atoms with Gasteiger partial charge in [0, 0.05) is 39.2 Å². The summed E-state index contributed by atoms with van der Waals surface area (Å²) in [7, 11) is 5.82. The lowest BCUT2D eigenvalue weighted by Gasteiger charge is -2.51. The van der Waals surface area contributed by atoms with Gasteiger partial charge in [-0.2, -0.15) is 0 Å². The van der Waals surface area contributed by atoms with Gasteiger partial charge >= 0.3 is 0 Å². The number of guanidine groups is 1. The van der Waals surface area contributed by atoms with E-state index in [1.807, 2.05) is 19.0 Å². The molecule has 94 valence electrons. The summed E-state index contributed by atoms with van der Waals surface area (Å²) in [5.41, 5.74) is 0.180. The molecule has 1 aliphatic carbocycles. The fourth-order valence-corrected chi connectivity index (χ4v) is 2.15. The Labute approximate surface area is 99.1 Å². The largest absolute Gasteiger partial charge is 0.381 e. The highest BCUT2D eigenvalue weighted by Gasteiger charge is 2.49. The zero-order valence-electron chi connectivity index (χ0n) is 11.4. The molecule has 0 aromatic heterocycles. The standard InChI is InChI=1S/C12H25N3O/c1-7-13-11(15(4)5)14-9-8-10(16-6)12(9,2)3/h9-10H,7-8H2,1-6H3,(H,13,14). The third-order valence-corrected chi connectivity index (χ3v) is 3.50. The van der Waals surface area contributed by atoms with Gasteiger partial charge in [-0.25, -0.2) is 0 Å². The van der Waals surface area contributed by atoms with Gasteiger partial charge in [0.05, 0.1) is 6.10 Å². The molecule has 16 heavy (non-hydrogen) atoms. The lowest BCUT2D eigenvalue weighted by molar-refractivity contribution is -0.0926. The van der Waals surface area contributed by atoms with E-state index >= 15 is 0 Å². The van der Waals surface area contributed by atoms with E-state index in [4.69, 9.17) is 4.74 Å². The minimum atomic E-state index is 0.180. The van der Waals surface area contributed by atoms with Crippen LogP contribution in [-0.4, -0.2) is 50.8 Å². The number of aliphatic imine (C=N–C) groups is 1. The van der Waals surface area contributed by atoms with Crippen LogP contribution in [0.25, 0.3) is 0 Å². The predicted molar refractivity (Wildman–Crippen MR) is 67.8 cm³/mol. The lowest BCUT2D eigenvalue weighted by atomic mass is 9.64. The maximum atomic E-state index is 5.44. The van der Waals surface area contributed by atoms with Crippen LogP contribution >= 0.6 is 0 Å². The smallest absolute Gasteiger partial charge is 0.193 e. The molecule has 0 bridgehead atoms. The average molecular weight is 227 g/mol. The topological polar surface area (TPSA) is 36.9 Å². The Morgan fingerprint density at radius 3 is 2.50 bits per heavy atom. The van der Waals surface area contributed by atoms with Gasteiger partial charge in [0.15, 0.2) is 5.96 Å². The molecule has 0 radical (unpaired) electrons. The van der Waals surface area contributed by atoms with E-state index in [1.54, 1.807) is 7.11 Å². The van der Waals surface area contributed by atoms with Crippen LogP contribution in [0.5, 0.6) is 0 Å². The molecule has 0 heterocycles. The highest BCUT2D eigenvalue weighted by molar-refractivity contribution is 5.80. The number of methoxy groups -OCH3 is 1. The Kier molecular flexibility index (Phi) is 4.19. The maximum Gasteiger partial charge on any atom is 0.193 e.